The van der Waals surface area contributed by atoms with Gasteiger partial charge in [0.2, 0.25) is 5.91 Å². The van der Waals surface area contributed by atoms with E-state index in [4.69, 9.17) is 5.73 Å². The van der Waals surface area contributed by atoms with Gasteiger partial charge >= 0.3 is 0 Å². The van der Waals surface area contributed by atoms with Crippen LogP contribution in [-0.4, -0.2) is 24.0 Å². The van der Waals surface area contributed by atoms with E-state index in [2.05, 4.69) is 15.6 Å². The normalized spacial score (nSPS) is 9.81. The number of hydrogen-bond donors (Lipinski definition) is 3. The van der Waals surface area contributed by atoms with Gasteiger partial charge in [-0.2, -0.15) is 0 Å². The molecule has 0 aliphatic rings. The molecular formula is C11H18N4O. The Hall–Kier alpha value is -1.78. The molecule has 1 amide bonds. The zero-order valence-corrected chi connectivity index (χ0v) is 9.49. The summed E-state index contributed by atoms with van der Waals surface area (Å²) in [6, 6.07) is 5.74. The predicted molar refractivity (Wildman–Crippen MR) is 65.3 cm³/mol. The average molecular weight is 222 g/mol. The van der Waals surface area contributed by atoms with E-state index in [9.17, 15) is 4.79 Å². The molecule has 1 aromatic rings. The molecule has 16 heavy (non-hydrogen) atoms. The molecule has 0 aromatic carbocycles. The summed E-state index contributed by atoms with van der Waals surface area (Å²) in [5.74, 6) is 1.39. The predicted octanol–water partition coefficient (Wildman–Crippen LogP) is 1.19. The fourth-order valence-corrected chi connectivity index (χ4v) is 1.29. The molecule has 5 nitrogen and oxygen atoms in total. The third kappa shape index (κ3) is 4.63. The van der Waals surface area contributed by atoms with E-state index in [0.29, 0.717) is 13.0 Å². The van der Waals surface area contributed by atoms with E-state index in [1.165, 1.54) is 0 Å². The Balaban J connectivity index is 2.35. The molecule has 0 fully saturated rings. The molecule has 88 valence electrons. The van der Waals surface area contributed by atoms with Crippen LogP contribution in [0.15, 0.2) is 18.2 Å². The number of carbonyl (C=O) groups is 1. The van der Waals surface area contributed by atoms with Gasteiger partial charge in [0.15, 0.2) is 0 Å². The molecule has 4 N–H and O–H groups in total. The Bertz CT molecular complexity index is 341. The summed E-state index contributed by atoms with van der Waals surface area (Å²) in [5, 5.41) is 6.27. The lowest BCUT2D eigenvalue weighted by Crippen LogP contribution is -2.13. The fraction of sp³-hybridized carbons (Fsp3) is 0.455. The first kappa shape index (κ1) is 12.3. The van der Waals surface area contributed by atoms with Crippen LogP contribution in [0.25, 0.3) is 0 Å². The summed E-state index contributed by atoms with van der Waals surface area (Å²) in [6.07, 6.45) is 1.13. The van der Waals surface area contributed by atoms with Crippen LogP contribution in [0.5, 0.6) is 0 Å². The fourth-order valence-electron chi connectivity index (χ4n) is 1.29. The number of nitrogens with zero attached hydrogens (tertiary/aromatic N) is 1. The summed E-state index contributed by atoms with van der Waals surface area (Å²) < 4.78 is 0. The maximum Gasteiger partial charge on any atom is 0.217 e. The van der Waals surface area contributed by atoms with Gasteiger partial charge in [-0.05, 0) is 25.5 Å². The van der Waals surface area contributed by atoms with Crippen molar-refractivity contribution in [3.63, 3.8) is 0 Å². The molecule has 0 radical (unpaired) electrons. The monoisotopic (exact) mass is 222 g/mol. The molecule has 5 heteroatoms. The van der Waals surface area contributed by atoms with Crippen molar-refractivity contribution in [2.75, 3.05) is 23.7 Å². The van der Waals surface area contributed by atoms with E-state index in [1.807, 2.05) is 25.1 Å². The lowest BCUT2D eigenvalue weighted by atomic mass is 10.3. The molecule has 1 aromatic heterocycles. The minimum Gasteiger partial charge on any atom is -0.370 e. The van der Waals surface area contributed by atoms with Crippen molar-refractivity contribution in [3.05, 3.63) is 18.2 Å². The Morgan fingerprint density at radius 1 is 1.38 bits per heavy atom. The first-order valence-corrected chi connectivity index (χ1v) is 5.45. The van der Waals surface area contributed by atoms with Crippen LogP contribution in [0.1, 0.15) is 19.8 Å². The molecule has 0 bridgehead atoms. The second-order valence-corrected chi connectivity index (χ2v) is 3.44. The van der Waals surface area contributed by atoms with Crippen LogP contribution in [0.4, 0.5) is 11.6 Å². The number of nitrogens with two attached hydrogens (primary N) is 1. The van der Waals surface area contributed by atoms with E-state index in [-0.39, 0.29) is 5.91 Å². The molecule has 0 saturated carbocycles. The quantitative estimate of drug-likeness (QED) is 0.605. The highest BCUT2D eigenvalue weighted by atomic mass is 16.1. The number of pyridine rings is 1. The van der Waals surface area contributed by atoms with Crippen molar-refractivity contribution in [3.8, 4) is 0 Å². The van der Waals surface area contributed by atoms with Crippen LogP contribution < -0.4 is 16.4 Å². The molecule has 0 saturated heterocycles. The van der Waals surface area contributed by atoms with Crippen LogP contribution in [0.3, 0.4) is 0 Å². The third-order valence-corrected chi connectivity index (χ3v) is 2.01. The van der Waals surface area contributed by atoms with Crippen molar-refractivity contribution in [1.82, 2.24) is 4.98 Å². The van der Waals surface area contributed by atoms with Crippen molar-refractivity contribution < 1.29 is 4.79 Å². The topological polar surface area (TPSA) is 80.0 Å². The van der Waals surface area contributed by atoms with Gasteiger partial charge in [0.25, 0.3) is 0 Å². The standard InChI is InChI=1S/C11H18N4O/c1-2-13-10-6-3-7-11(15-10)14-8-4-5-9(12)16/h3,6-7H,2,4-5,8H2,1H3,(H2,12,16)(H2,13,14,15). The van der Waals surface area contributed by atoms with Crippen LogP contribution in [0, 0.1) is 0 Å². The van der Waals surface area contributed by atoms with Gasteiger partial charge in [-0.15, -0.1) is 0 Å². The van der Waals surface area contributed by atoms with Gasteiger partial charge in [-0.25, -0.2) is 4.98 Å². The minimum absolute atomic E-state index is 0.267. The SMILES string of the molecule is CCNc1cccc(NCCCC(N)=O)n1. The Morgan fingerprint density at radius 2 is 2.06 bits per heavy atom. The van der Waals surface area contributed by atoms with Gasteiger partial charge in [0.05, 0.1) is 0 Å². The van der Waals surface area contributed by atoms with Gasteiger partial charge in [0.1, 0.15) is 11.6 Å². The minimum atomic E-state index is -0.267. The maximum absolute atomic E-state index is 10.5. The summed E-state index contributed by atoms with van der Waals surface area (Å²) in [7, 11) is 0. The molecule has 1 heterocycles. The lowest BCUT2D eigenvalue weighted by Gasteiger charge is -2.07. The molecule has 0 atom stereocenters. The Morgan fingerprint density at radius 3 is 2.69 bits per heavy atom. The Kier molecular flexibility index (Phi) is 5.11. The van der Waals surface area contributed by atoms with Crippen molar-refractivity contribution >= 4 is 17.5 Å². The van der Waals surface area contributed by atoms with Crippen LogP contribution in [-0.2, 0) is 4.79 Å². The highest BCUT2D eigenvalue weighted by Gasteiger charge is 1.97. The number of anilines is 2. The molecule has 0 aliphatic carbocycles. The highest BCUT2D eigenvalue weighted by molar-refractivity contribution is 5.73. The second-order valence-electron chi connectivity index (χ2n) is 3.44. The van der Waals surface area contributed by atoms with Crippen molar-refractivity contribution in [2.45, 2.75) is 19.8 Å². The van der Waals surface area contributed by atoms with Gasteiger partial charge in [0, 0.05) is 19.5 Å². The number of nitrogens with one attached hydrogen (secondary N) is 2. The number of primary amides is 1. The lowest BCUT2D eigenvalue weighted by molar-refractivity contribution is -0.118. The zero-order valence-electron chi connectivity index (χ0n) is 9.49. The largest absolute Gasteiger partial charge is 0.370 e. The van der Waals surface area contributed by atoms with E-state index in [0.717, 1.165) is 24.6 Å². The second kappa shape index (κ2) is 6.66. The average Bonchev–Trinajstić information content (AvgIpc) is 2.25. The maximum atomic E-state index is 10.5. The van der Waals surface area contributed by atoms with E-state index < -0.39 is 0 Å². The van der Waals surface area contributed by atoms with E-state index >= 15 is 0 Å². The summed E-state index contributed by atoms with van der Waals surface area (Å²) in [6.45, 7) is 3.57. The number of hydrogen-bond acceptors (Lipinski definition) is 4. The summed E-state index contributed by atoms with van der Waals surface area (Å²) >= 11 is 0. The first-order chi connectivity index (χ1) is 7.72. The smallest absolute Gasteiger partial charge is 0.217 e. The van der Waals surface area contributed by atoms with Crippen LogP contribution in [0.2, 0.25) is 0 Å². The number of amides is 1. The number of aromatic nitrogens is 1. The Labute approximate surface area is 95.4 Å². The number of carbonyl (C=O) groups excluding carboxylic acids is 1. The summed E-state index contributed by atoms with van der Waals surface area (Å²) in [5.41, 5.74) is 5.04. The molecule has 1 rings (SSSR count). The van der Waals surface area contributed by atoms with Gasteiger partial charge < -0.3 is 16.4 Å². The summed E-state index contributed by atoms with van der Waals surface area (Å²) in [4.78, 5) is 14.9. The first-order valence-electron chi connectivity index (χ1n) is 5.45. The van der Waals surface area contributed by atoms with Crippen molar-refractivity contribution in [2.24, 2.45) is 5.73 Å². The molecular weight excluding hydrogens is 204 g/mol. The molecule has 0 spiro atoms. The molecule has 0 aliphatic heterocycles. The zero-order chi connectivity index (χ0) is 11.8. The highest BCUT2D eigenvalue weighted by Crippen LogP contribution is 2.08. The third-order valence-electron chi connectivity index (χ3n) is 2.01. The number of rotatable bonds is 7. The molecule has 0 unspecified atom stereocenters. The van der Waals surface area contributed by atoms with Gasteiger partial charge in [-0.3, -0.25) is 4.79 Å². The van der Waals surface area contributed by atoms with E-state index in [1.54, 1.807) is 0 Å². The van der Waals surface area contributed by atoms with Crippen molar-refractivity contribution in [1.29, 1.82) is 0 Å². The van der Waals surface area contributed by atoms with Gasteiger partial charge in [-0.1, -0.05) is 6.07 Å². The van der Waals surface area contributed by atoms with Crippen LogP contribution >= 0.6 is 0 Å².